The van der Waals surface area contributed by atoms with Gasteiger partial charge in [0.25, 0.3) is 0 Å². The van der Waals surface area contributed by atoms with Gasteiger partial charge in [-0.15, -0.1) is 0 Å². The molecule has 0 aliphatic carbocycles. The van der Waals surface area contributed by atoms with Gasteiger partial charge in [-0.3, -0.25) is 19.6 Å². The summed E-state index contributed by atoms with van der Waals surface area (Å²) in [4.78, 5) is 9.66. The van der Waals surface area contributed by atoms with E-state index in [9.17, 15) is 21.0 Å². The monoisotopic (exact) mass is 936 g/mol. The molecule has 0 aromatic heterocycles. The first kappa shape index (κ1) is 48.6. The molecule has 0 spiro atoms. The van der Waals surface area contributed by atoms with Crippen molar-refractivity contribution in [3.05, 3.63) is 283 Å². The molecule has 4 heterocycles. The molecule has 0 saturated carbocycles. The highest BCUT2D eigenvalue weighted by atomic mass is 15.1. The summed E-state index contributed by atoms with van der Waals surface area (Å²) in [6.07, 6.45) is 0. The molecule has 4 aliphatic heterocycles. The van der Waals surface area contributed by atoms with Gasteiger partial charge in [0.15, 0.2) is 0 Å². The van der Waals surface area contributed by atoms with Crippen LogP contribution in [0.1, 0.15) is 89.0 Å². The van der Waals surface area contributed by atoms with Crippen LogP contribution in [0.3, 0.4) is 0 Å². The van der Waals surface area contributed by atoms with Gasteiger partial charge >= 0.3 is 0 Å². The van der Waals surface area contributed by atoms with Crippen molar-refractivity contribution in [2.45, 2.75) is 78.5 Å². The second kappa shape index (κ2) is 23.9. The predicted molar refractivity (Wildman–Crippen MR) is 282 cm³/mol. The van der Waals surface area contributed by atoms with Crippen molar-refractivity contribution in [1.29, 1.82) is 21.0 Å². The second-order valence-electron chi connectivity index (χ2n) is 18.9. The molecule has 352 valence electrons. The van der Waals surface area contributed by atoms with Crippen molar-refractivity contribution < 1.29 is 0 Å². The Balaban J connectivity index is 1.09. The van der Waals surface area contributed by atoms with E-state index in [1.807, 2.05) is 72.8 Å². The van der Waals surface area contributed by atoms with E-state index in [0.717, 1.165) is 22.3 Å². The van der Waals surface area contributed by atoms with E-state index in [4.69, 9.17) is 0 Å². The zero-order valence-electron chi connectivity index (χ0n) is 40.5. The van der Waals surface area contributed by atoms with Crippen LogP contribution in [0.5, 0.6) is 0 Å². The molecule has 12 rings (SSSR count). The minimum Gasteiger partial charge on any atom is -0.291 e. The Bertz CT molecular complexity index is 2860. The van der Waals surface area contributed by atoms with Crippen LogP contribution < -0.4 is 0 Å². The van der Waals surface area contributed by atoms with Crippen LogP contribution in [0.25, 0.3) is 0 Å². The number of nitriles is 4. The summed E-state index contributed by atoms with van der Waals surface area (Å²) >= 11 is 0. The van der Waals surface area contributed by atoms with E-state index in [1.165, 1.54) is 44.5 Å². The summed E-state index contributed by atoms with van der Waals surface area (Å²) in [6, 6.07) is 76.6. The Morgan fingerprint density at radius 3 is 0.681 bits per heavy atom. The van der Waals surface area contributed by atoms with Gasteiger partial charge in [-0.05, 0) is 91.0 Å². The number of benzene rings is 8. The summed E-state index contributed by atoms with van der Waals surface area (Å²) in [5.41, 5.74) is 16.1. The van der Waals surface area contributed by atoms with E-state index in [-0.39, 0.29) is 0 Å². The molecule has 8 aromatic rings. The van der Waals surface area contributed by atoms with Crippen molar-refractivity contribution in [2.75, 3.05) is 0 Å². The van der Waals surface area contributed by atoms with Crippen molar-refractivity contribution >= 4 is 0 Å². The highest BCUT2D eigenvalue weighted by molar-refractivity contribution is 5.41. The van der Waals surface area contributed by atoms with E-state index in [2.05, 4.69) is 165 Å². The lowest BCUT2D eigenvalue weighted by molar-refractivity contribution is 0.241. The van der Waals surface area contributed by atoms with Crippen molar-refractivity contribution in [3.8, 4) is 24.3 Å². The lowest BCUT2D eigenvalue weighted by Gasteiger charge is -2.26. The van der Waals surface area contributed by atoms with Crippen molar-refractivity contribution in [1.82, 2.24) is 19.6 Å². The van der Waals surface area contributed by atoms with Gasteiger partial charge in [-0.1, -0.05) is 170 Å². The Kier molecular flexibility index (Phi) is 16.1. The molecule has 0 saturated heterocycles. The van der Waals surface area contributed by atoms with Gasteiger partial charge in [0.05, 0.1) is 46.5 Å². The molecule has 0 radical (unpaired) electrons. The van der Waals surface area contributed by atoms with Gasteiger partial charge in [0.2, 0.25) is 0 Å². The Labute approximate surface area is 424 Å². The minimum atomic E-state index is 0.610. The first-order valence-electron chi connectivity index (χ1n) is 24.5. The first-order chi connectivity index (χ1) is 35.4. The maximum Gasteiger partial charge on any atom is 0.0995 e. The summed E-state index contributed by atoms with van der Waals surface area (Å²) in [7, 11) is 0. The topological polar surface area (TPSA) is 108 Å². The molecule has 0 amide bonds. The number of hydrogen-bond acceptors (Lipinski definition) is 8. The molecule has 8 nitrogen and oxygen atoms in total. The Hall–Kier alpha value is -8.44. The number of rotatable bonds is 8. The second-order valence-corrected chi connectivity index (χ2v) is 18.9. The minimum absolute atomic E-state index is 0.610. The van der Waals surface area contributed by atoms with Crippen LogP contribution >= 0.6 is 0 Å². The molecule has 0 atom stereocenters. The number of nitrogens with zero attached hydrogens (tertiary/aromatic N) is 8. The predicted octanol–water partition coefficient (Wildman–Crippen LogP) is 12.3. The quantitative estimate of drug-likeness (QED) is 0.148. The molecule has 72 heavy (non-hydrogen) atoms. The van der Waals surface area contributed by atoms with Crippen LogP contribution in [0.15, 0.2) is 194 Å². The van der Waals surface area contributed by atoms with Crippen LogP contribution in [0, 0.1) is 45.3 Å². The van der Waals surface area contributed by atoms with Crippen LogP contribution in [0.2, 0.25) is 0 Å². The average Bonchev–Trinajstić information content (AvgIpc) is 3.40. The molecule has 0 fully saturated rings. The molecule has 4 aliphatic rings. The third-order valence-electron chi connectivity index (χ3n) is 13.4. The molecule has 8 bridgehead atoms. The first-order valence-corrected chi connectivity index (χ1v) is 24.5. The lowest BCUT2D eigenvalue weighted by atomic mass is 10.0. The number of hydrogen-bond donors (Lipinski definition) is 0. The SMILES string of the molecule is N#Cc1ccccc1CN1Cc2ccc(cc2)CN(Cc2ccccc2C#N)Cc2cccc(c2)CN(Cc2ccccc2C#N)Cc2ccc(cc2)CN(Cc2ccccc2C#N)Cc2cccc(c2)C1. The van der Waals surface area contributed by atoms with Gasteiger partial charge in [-0.25, -0.2) is 0 Å². The van der Waals surface area contributed by atoms with E-state index in [1.54, 1.807) is 0 Å². The highest BCUT2D eigenvalue weighted by Crippen LogP contribution is 2.25. The van der Waals surface area contributed by atoms with Gasteiger partial charge in [0, 0.05) is 78.5 Å². The van der Waals surface area contributed by atoms with Crippen LogP contribution in [-0.2, 0) is 78.5 Å². The molecular formula is C64H56N8. The fourth-order valence-electron chi connectivity index (χ4n) is 9.92. The van der Waals surface area contributed by atoms with Crippen molar-refractivity contribution in [3.63, 3.8) is 0 Å². The normalized spacial score (nSPS) is 14.2. The zero-order chi connectivity index (χ0) is 49.5. The van der Waals surface area contributed by atoms with E-state index >= 15 is 0 Å². The molecule has 0 unspecified atom stereocenters. The van der Waals surface area contributed by atoms with E-state index in [0.29, 0.717) is 101 Å². The third kappa shape index (κ3) is 13.0. The standard InChI is InChI=1S/C64H56N8/c65-33-57-15-1-5-19-61(57)45-69-37-49-23-25-50(26-24-49)38-71(47-63-21-7-3-17-59(63)35-67)43-55-13-10-14-56(32-55)44-72(48-64-22-8-4-18-60(64)36-68)40-52-29-27-51(28-30-52)39-70(42-54-12-9-11-53(31-54)41-69)46-62-20-6-2-16-58(62)34-66/h1-32H,37-48H2. The van der Waals surface area contributed by atoms with Crippen LogP contribution in [0.4, 0.5) is 0 Å². The Morgan fingerprint density at radius 1 is 0.250 bits per heavy atom. The molecule has 8 heteroatoms. The fraction of sp³-hybridized carbons (Fsp3) is 0.188. The van der Waals surface area contributed by atoms with E-state index < -0.39 is 0 Å². The fourth-order valence-corrected chi connectivity index (χ4v) is 9.92. The van der Waals surface area contributed by atoms with Gasteiger partial charge in [0.1, 0.15) is 0 Å². The smallest absolute Gasteiger partial charge is 0.0995 e. The average molecular weight is 937 g/mol. The lowest BCUT2D eigenvalue weighted by Crippen LogP contribution is -2.25. The zero-order valence-corrected chi connectivity index (χ0v) is 40.5. The maximum absolute atomic E-state index is 10.1. The molecular weight excluding hydrogens is 881 g/mol. The summed E-state index contributed by atoms with van der Waals surface area (Å²) in [5, 5.41) is 40.4. The summed E-state index contributed by atoms with van der Waals surface area (Å²) in [6.45, 7) is 7.89. The van der Waals surface area contributed by atoms with Crippen LogP contribution in [-0.4, -0.2) is 19.6 Å². The third-order valence-corrected chi connectivity index (χ3v) is 13.4. The van der Waals surface area contributed by atoms with Crippen molar-refractivity contribution in [2.24, 2.45) is 0 Å². The molecule has 8 aromatic carbocycles. The Morgan fingerprint density at radius 2 is 0.458 bits per heavy atom. The van der Waals surface area contributed by atoms with Gasteiger partial charge in [-0.2, -0.15) is 21.0 Å². The maximum atomic E-state index is 10.1. The van der Waals surface area contributed by atoms with Gasteiger partial charge < -0.3 is 0 Å². The molecule has 0 N–H and O–H groups in total. The summed E-state index contributed by atoms with van der Waals surface area (Å²) in [5.74, 6) is 0. The highest BCUT2D eigenvalue weighted by Gasteiger charge is 2.18. The largest absolute Gasteiger partial charge is 0.291 e. The summed E-state index contributed by atoms with van der Waals surface area (Å²) < 4.78 is 0.